The SMILES string of the molecule is CC.CC1=CC=C(C2(c3ccc(O)cc3)C=C(C)CC2C)CC1. The zero-order valence-electron chi connectivity index (χ0n) is 15.2. The third-order valence-corrected chi connectivity index (χ3v) is 5.11. The van der Waals surface area contributed by atoms with Gasteiger partial charge in [0.05, 0.1) is 0 Å². The summed E-state index contributed by atoms with van der Waals surface area (Å²) in [6.45, 7) is 10.8. The van der Waals surface area contributed by atoms with Crippen molar-refractivity contribution in [2.24, 2.45) is 5.92 Å². The van der Waals surface area contributed by atoms with Crippen LogP contribution in [-0.2, 0) is 5.41 Å². The molecule has 2 atom stereocenters. The summed E-state index contributed by atoms with van der Waals surface area (Å²) in [7, 11) is 0. The van der Waals surface area contributed by atoms with E-state index in [9.17, 15) is 5.11 Å². The first-order valence-corrected chi connectivity index (χ1v) is 8.87. The minimum Gasteiger partial charge on any atom is -0.508 e. The number of rotatable bonds is 2. The summed E-state index contributed by atoms with van der Waals surface area (Å²) in [5, 5.41) is 9.61. The summed E-state index contributed by atoms with van der Waals surface area (Å²) in [4.78, 5) is 0. The Balaban J connectivity index is 0.000000924. The lowest BCUT2D eigenvalue weighted by atomic mass is 9.66. The van der Waals surface area contributed by atoms with Crippen LogP contribution in [0, 0.1) is 5.92 Å². The Morgan fingerprint density at radius 1 is 0.957 bits per heavy atom. The molecule has 3 rings (SSSR count). The highest BCUT2D eigenvalue weighted by Gasteiger charge is 2.42. The summed E-state index contributed by atoms with van der Waals surface area (Å²) >= 11 is 0. The molecule has 23 heavy (non-hydrogen) atoms. The molecule has 1 aromatic carbocycles. The monoisotopic (exact) mass is 310 g/mol. The molecule has 0 aromatic heterocycles. The minimum atomic E-state index is 0.00891. The van der Waals surface area contributed by atoms with Gasteiger partial charge in [0.25, 0.3) is 0 Å². The molecule has 0 amide bonds. The average Bonchev–Trinajstić information content (AvgIpc) is 2.86. The Kier molecular flexibility index (Phi) is 5.51. The van der Waals surface area contributed by atoms with Crippen LogP contribution in [-0.4, -0.2) is 5.11 Å². The van der Waals surface area contributed by atoms with Crippen molar-refractivity contribution >= 4 is 0 Å². The van der Waals surface area contributed by atoms with Gasteiger partial charge in [-0.25, -0.2) is 0 Å². The Morgan fingerprint density at radius 2 is 1.61 bits per heavy atom. The van der Waals surface area contributed by atoms with Crippen molar-refractivity contribution in [1.82, 2.24) is 0 Å². The second-order valence-corrected chi connectivity index (χ2v) is 6.72. The molecule has 124 valence electrons. The number of hydrogen-bond acceptors (Lipinski definition) is 1. The van der Waals surface area contributed by atoms with Crippen molar-refractivity contribution in [1.29, 1.82) is 0 Å². The maximum atomic E-state index is 9.61. The Bertz CT molecular complexity index is 630. The molecule has 1 aromatic rings. The Hall–Kier alpha value is -1.76. The molecule has 2 aliphatic rings. The number of hydrogen-bond donors (Lipinski definition) is 1. The highest BCUT2D eigenvalue weighted by Crippen LogP contribution is 2.51. The molecule has 1 nitrogen and oxygen atoms in total. The van der Waals surface area contributed by atoms with Gasteiger partial charge >= 0.3 is 0 Å². The van der Waals surface area contributed by atoms with E-state index in [0.29, 0.717) is 11.7 Å². The number of allylic oxidation sites excluding steroid dienone is 6. The predicted molar refractivity (Wildman–Crippen MR) is 99.7 cm³/mol. The molecular weight excluding hydrogens is 280 g/mol. The van der Waals surface area contributed by atoms with E-state index in [0.717, 1.165) is 19.3 Å². The number of phenols is 1. The van der Waals surface area contributed by atoms with Gasteiger partial charge in [-0.3, -0.25) is 0 Å². The summed E-state index contributed by atoms with van der Waals surface area (Å²) in [6, 6.07) is 7.81. The van der Waals surface area contributed by atoms with Crippen LogP contribution in [0.4, 0.5) is 0 Å². The molecule has 0 aliphatic heterocycles. The van der Waals surface area contributed by atoms with Gasteiger partial charge in [-0.15, -0.1) is 0 Å². The molecule has 1 N–H and O–H groups in total. The predicted octanol–water partition coefficient (Wildman–Crippen LogP) is 6.31. The lowest BCUT2D eigenvalue weighted by Crippen LogP contribution is -2.31. The molecule has 2 aliphatic carbocycles. The van der Waals surface area contributed by atoms with E-state index < -0.39 is 0 Å². The fraction of sp³-hybridized carbons (Fsp3) is 0.455. The first kappa shape index (κ1) is 17.6. The van der Waals surface area contributed by atoms with Gasteiger partial charge in [0, 0.05) is 5.41 Å². The van der Waals surface area contributed by atoms with Crippen LogP contribution in [0.15, 0.2) is 59.2 Å². The molecule has 0 spiro atoms. The first-order valence-electron chi connectivity index (χ1n) is 8.87. The van der Waals surface area contributed by atoms with Gasteiger partial charge < -0.3 is 5.11 Å². The largest absolute Gasteiger partial charge is 0.508 e. The lowest BCUT2D eigenvalue weighted by Gasteiger charge is -2.37. The molecule has 0 saturated heterocycles. The van der Waals surface area contributed by atoms with Crippen molar-refractivity contribution < 1.29 is 5.11 Å². The van der Waals surface area contributed by atoms with Gasteiger partial charge in [-0.1, -0.05) is 67.9 Å². The van der Waals surface area contributed by atoms with Crippen molar-refractivity contribution in [3.63, 3.8) is 0 Å². The second kappa shape index (κ2) is 7.21. The topological polar surface area (TPSA) is 20.2 Å². The van der Waals surface area contributed by atoms with Gasteiger partial charge in [-0.05, 0) is 56.7 Å². The Labute approximate surface area is 141 Å². The molecule has 0 radical (unpaired) electrons. The molecule has 1 heteroatoms. The normalized spacial score (nSPS) is 26.7. The standard InChI is InChI=1S/C20H24O.C2H6/c1-14-4-6-17(7-5-14)20(13-15(2)12-16(20)3)18-8-10-19(21)11-9-18;1-2/h4,6,8-11,13,16,21H,5,7,12H2,1-3H3;1-2H3. The molecule has 0 fully saturated rings. The van der Waals surface area contributed by atoms with E-state index in [1.54, 1.807) is 0 Å². The molecule has 0 saturated carbocycles. The quantitative estimate of drug-likeness (QED) is 0.635. The third-order valence-electron chi connectivity index (χ3n) is 5.11. The number of benzene rings is 1. The van der Waals surface area contributed by atoms with E-state index in [-0.39, 0.29) is 5.41 Å². The fourth-order valence-corrected chi connectivity index (χ4v) is 4.02. The van der Waals surface area contributed by atoms with Crippen LogP contribution in [0.1, 0.15) is 59.4 Å². The van der Waals surface area contributed by atoms with Crippen molar-refractivity contribution in [2.45, 2.75) is 59.3 Å². The van der Waals surface area contributed by atoms with Crippen LogP contribution in [0.2, 0.25) is 0 Å². The van der Waals surface area contributed by atoms with Crippen LogP contribution in [0.3, 0.4) is 0 Å². The van der Waals surface area contributed by atoms with Gasteiger partial charge in [0.15, 0.2) is 0 Å². The van der Waals surface area contributed by atoms with Crippen LogP contribution in [0.5, 0.6) is 5.75 Å². The summed E-state index contributed by atoms with van der Waals surface area (Å²) in [6.07, 6.45) is 10.5. The highest BCUT2D eigenvalue weighted by molar-refractivity contribution is 5.50. The van der Waals surface area contributed by atoms with Crippen molar-refractivity contribution in [2.75, 3.05) is 0 Å². The zero-order valence-corrected chi connectivity index (χ0v) is 15.2. The number of aromatic hydroxyl groups is 1. The van der Waals surface area contributed by atoms with E-state index in [1.807, 2.05) is 26.0 Å². The molecule has 0 bridgehead atoms. The zero-order chi connectivity index (χ0) is 17.0. The lowest BCUT2D eigenvalue weighted by molar-refractivity contribution is 0.425. The summed E-state index contributed by atoms with van der Waals surface area (Å²) in [5.41, 5.74) is 5.77. The van der Waals surface area contributed by atoms with Crippen LogP contribution >= 0.6 is 0 Å². The smallest absolute Gasteiger partial charge is 0.115 e. The van der Waals surface area contributed by atoms with Crippen LogP contribution < -0.4 is 0 Å². The van der Waals surface area contributed by atoms with Gasteiger partial charge in [-0.2, -0.15) is 0 Å². The van der Waals surface area contributed by atoms with E-state index in [4.69, 9.17) is 0 Å². The first-order chi connectivity index (χ1) is 11.0. The average molecular weight is 310 g/mol. The van der Waals surface area contributed by atoms with E-state index >= 15 is 0 Å². The van der Waals surface area contributed by atoms with Gasteiger partial charge in [0.1, 0.15) is 5.75 Å². The maximum Gasteiger partial charge on any atom is 0.115 e. The minimum absolute atomic E-state index is 0.00891. The summed E-state index contributed by atoms with van der Waals surface area (Å²) in [5.74, 6) is 0.911. The van der Waals surface area contributed by atoms with E-state index in [2.05, 4.69) is 51.1 Å². The maximum absolute atomic E-state index is 9.61. The van der Waals surface area contributed by atoms with E-state index in [1.165, 1.54) is 22.3 Å². The highest BCUT2D eigenvalue weighted by atomic mass is 16.3. The third kappa shape index (κ3) is 3.29. The second-order valence-electron chi connectivity index (χ2n) is 6.72. The van der Waals surface area contributed by atoms with Crippen LogP contribution in [0.25, 0.3) is 0 Å². The van der Waals surface area contributed by atoms with Crippen molar-refractivity contribution in [3.05, 3.63) is 64.8 Å². The number of phenolic OH excluding ortho intramolecular Hbond substituents is 1. The molecule has 2 unspecified atom stereocenters. The van der Waals surface area contributed by atoms with Crippen molar-refractivity contribution in [3.8, 4) is 5.75 Å². The molecule has 0 heterocycles. The molecular formula is C22H30O. The van der Waals surface area contributed by atoms with Gasteiger partial charge in [0.2, 0.25) is 0 Å². The Morgan fingerprint density at radius 3 is 2.09 bits per heavy atom. The summed E-state index contributed by atoms with van der Waals surface area (Å²) < 4.78 is 0. The fourth-order valence-electron chi connectivity index (χ4n) is 4.02.